The van der Waals surface area contributed by atoms with E-state index in [2.05, 4.69) is 5.32 Å². The molecule has 0 amide bonds. The summed E-state index contributed by atoms with van der Waals surface area (Å²) >= 11 is 0. The van der Waals surface area contributed by atoms with Gasteiger partial charge in [-0.3, -0.25) is 4.79 Å². The van der Waals surface area contributed by atoms with Gasteiger partial charge in [-0.05, 0) is 43.4 Å². The van der Waals surface area contributed by atoms with E-state index in [1.807, 2.05) is 0 Å². The van der Waals surface area contributed by atoms with E-state index >= 15 is 0 Å². The Labute approximate surface area is 127 Å². The number of carbonyl (C=O) groups is 1. The fourth-order valence-corrected chi connectivity index (χ4v) is 2.77. The summed E-state index contributed by atoms with van der Waals surface area (Å²) in [6, 6.07) is 5.49. The van der Waals surface area contributed by atoms with Crippen LogP contribution in [0.4, 0.5) is 13.2 Å². The zero-order valence-corrected chi connectivity index (χ0v) is 12.5. The monoisotopic (exact) mass is 315 g/mol. The number of nitrogens with one attached hydrogen (secondary N) is 1. The molecule has 1 N–H and O–H groups in total. The van der Waals surface area contributed by atoms with Crippen LogP contribution >= 0.6 is 0 Å². The molecule has 2 rings (SSSR count). The Morgan fingerprint density at radius 3 is 2.27 bits per heavy atom. The van der Waals surface area contributed by atoms with Crippen molar-refractivity contribution in [1.82, 2.24) is 5.32 Å². The predicted octanol–water partition coefficient (Wildman–Crippen LogP) is 3.53. The molecule has 0 radical (unpaired) electrons. The molecule has 1 fully saturated rings. The van der Waals surface area contributed by atoms with Crippen LogP contribution in [0.3, 0.4) is 0 Å². The van der Waals surface area contributed by atoms with Crippen molar-refractivity contribution < 1.29 is 22.7 Å². The van der Waals surface area contributed by atoms with E-state index in [0.717, 1.165) is 43.4 Å². The fraction of sp³-hybridized carbons (Fsp3) is 0.562. The van der Waals surface area contributed by atoms with Gasteiger partial charge in [0.1, 0.15) is 0 Å². The van der Waals surface area contributed by atoms with Crippen molar-refractivity contribution in [2.75, 3.05) is 7.11 Å². The van der Waals surface area contributed by atoms with Gasteiger partial charge < -0.3 is 10.1 Å². The number of carbonyl (C=O) groups excluding carboxylic acids is 1. The molecule has 0 unspecified atom stereocenters. The molecule has 1 aromatic carbocycles. The molecule has 0 aliphatic heterocycles. The number of benzene rings is 1. The maximum atomic E-state index is 12.5. The molecule has 0 aromatic heterocycles. The highest BCUT2D eigenvalue weighted by Crippen LogP contribution is 2.29. The Morgan fingerprint density at radius 2 is 1.77 bits per heavy atom. The minimum atomic E-state index is -4.29. The van der Waals surface area contributed by atoms with E-state index < -0.39 is 11.7 Å². The summed E-state index contributed by atoms with van der Waals surface area (Å²) in [5.41, 5.74) is 0.193. The van der Waals surface area contributed by atoms with Crippen LogP contribution in [0.15, 0.2) is 24.3 Å². The minimum absolute atomic E-state index is 0.0193. The highest BCUT2D eigenvalue weighted by molar-refractivity contribution is 5.72. The summed E-state index contributed by atoms with van der Waals surface area (Å²) in [5, 5.41) is 3.34. The molecule has 3 nitrogen and oxygen atoms in total. The molecule has 1 aromatic rings. The first kappa shape index (κ1) is 16.8. The van der Waals surface area contributed by atoms with Gasteiger partial charge in [0, 0.05) is 12.6 Å². The second-order valence-electron chi connectivity index (χ2n) is 5.65. The van der Waals surface area contributed by atoms with Crippen LogP contribution in [-0.4, -0.2) is 19.1 Å². The summed E-state index contributed by atoms with van der Waals surface area (Å²) in [4.78, 5) is 11.4. The SMILES string of the molecule is COC(=O)C1CCC(NCc2ccc(C(F)(F)F)cc2)CC1. The predicted molar refractivity (Wildman–Crippen MR) is 76.0 cm³/mol. The third-order valence-electron chi connectivity index (χ3n) is 4.14. The number of rotatable bonds is 4. The van der Waals surface area contributed by atoms with E-state index in [4.69, 9.17) is 4.74 Å². The van der Waals surface area contributed by atoms with Crippen molar-refractivity contribution in [2.45, 2.75) is 44.4 Å². The molecular weight excluding hydrogens is 295 g/mol. The summed E-state index contributed by atoms with van der Waals surface area (Å²) < 4.78 is 42.2. The highest BCUT2D eigenvalue weighted by Gasteiger charge is 2.30. The molecule has 6 heteroatoms. The normalized spacial score (nSPS) is 22.4. The van der Waals surface area contributed by atoms with Gasteiger partial charge in [-0.2, -0.15) is 13.2 Å². The number of hydrogen-bond donors (Lipinski definition) is 1. The van der Waals surface area contributed by atoms with Crippen molar-refractivity contribution in [3.05, 3.63) is 35.4 Å². The quantitative estimate of drug-likeness (QED) is 0.864. The molecule has 0 bridgehead atoms. The molecule has 1 aliphatic carbocycles. The average Bonchev–Trinajstić information content (AvgIpc) is 2.52. The van der Waals surface area contributed by atoms with Crippen LogP contribution in [0.25, 0.3) is 0 Å². The number of halogens is 3. The van der Waals surface area contributed by atoms with Gasteiger partial charge in [0.25, 0.3) is 0 Å². The lowest BCUT2D eigenvalue weighted by atomic mass is 9.86. The average molecular weight is 315 g/mol. The van der Waals surface area contributed by atoms with E-state index in [1.165, 1.54) is 19.2 Å². The number of methoxy groups -OCH3 is 1. The topological polar surface area (TPSA) is 38.3 Å². The van der Waals surface area contributed by atoms with Gasteiger partial charge in [0.2, 0.25) is 0 Å². The van der Waals surface area contributed by atoms with Crippen molar-refractivity contribution in [1.29, 1.82) is 0 Å². The minimum Gasteiger partial charge on any atom is -0.469 e. The van der Waals surface area contributed by atoms with Crippen LogP contribution in [0.1, 0.15) is 36.8 Å². The second kappa shape index (κ2) is 7.13. The first-order valence-electron chi connectivity index (χ1n) is 7.37. The maximum absolute atomic E-state index is 12.5. The Morgan fingerprint density at radius 1 is 1.18 bits per heavy atom. The lowest BCUT2D eigenvalue weighted by Crippen LogP contribution is -2.34. The van der Waals surface area contributed by atoms with Gasteiger partial charge >= 0.3 is 12.1 Å². The van der Waals surface area contributed by atoms with Crippen molar-refractivity contribution in [3.63, 3.8) is 0 Å². The smallest absolute Gasteiger partial charge is 0.416 e. The summed E-state index contributed by atoms with van der Waals surface area (Å²) in [6.45, 7) is 0.533. The summed E-state index contributed by atoms with van der Waals surface area (Å²) in [6.07, 6.45) is -0.965. The van der Waals surface area contributed by atoms with Gasteiger partial charge in [-0.25, -0.2) is 0 Å². The third-order valence-corrected chi connectivity index (χ3v) is 4.14. The Bertz CT molecular complexity index is 491. The van der Waals surface area contributed by atoms with E-state index in [-0.39, 0.29) is 11.9 Å². The van der Waals surface area contributed by atoms with Gasteiger partial charge in [-0.15, -0.1) is 0 Å². The van der Waals surface area contributed by atoms with Crippen LogP contribution < -0.4 is 5.32 Å². The van der Waals surface area contributed by atoms with Gasteiger partial charge in [0.15, 0.2) is 0 Å². The number of alkyl halides is 3. The zero-order valence-electron chi connectivity index (χ0n) is 12.5. The largest absolute Gasteiger partial charge is 0.469 e. The van der Waals surface area contributed by atoms with Crippen molar-refractivity contribution in [3.8, 4) is 0 Å². The van der Waals surface area contributed by atoms with Gasteiger partial charge in [-0.1, -0.05) is 12.1 Å². The Balaban J connectivity index is 1.78. The number of hydrogen-bond acceptors (Lipinski definition) is 3. The molecule has 0 spiro atoms. The number of esters is 1. The van der Waals surface area contributed by atoms with E-state index in [0.29, 0.717) is 12.6 Å². The van der Waals surface area contributed by atoms with Crippen molar-refractivity contribution >= 4 is 5.97 Å². The van der Waals surface area contributed by atoms with Crippen molar-refractivity contribution in [2.24, 2.45) is 5.92 Å². The highest BCUT2D eigenvalue weighted by atomic mass is 19.4. The summed E-state index contributed by atoms with van der Waals surface area (Å²) in [5.74, 6) is -0.171. The molecule has 0 heterocycles. The van der Waals surface area contributed by atoms with Crippen LogP contribution in [-0.2, 0) is 22.3 Å². The maximum Gasteiger partial charge on any atom is 0.416 e. The molecule has 1 saturated carbocycles. The standard InChI is InChI=1S/C16H20F3NO2/c1-22-15(21)12-4-8-14(9-5-12)20-10-11-2-6-13(7-3-11)16(17,18)19/h2-3,6-7,12,14,20H,4-5,8-10H2,1H3. The van der Waals surface area contributed by atoms with Crippen LogP contribution in [0.5, 0.6) is 0 Å². The van der Waals surface area contributed by atoms with E-state index in [1.54, 1.807) is 0 Å². The van der Waals surface area contributed by atoms with Gasteiger partial charge in [0.05, 0.1) is 18.6 Å². The lowest BCUT2D eigenvalue weighted by molar-refractivity contribution is -0.146. The fourth-order valence-electron chi connectivity index (χ4n) is 2.77. The first-order valence-corrected chi connectivity index (χ1v) is 7.37. The molecule has 1 aliphatic rings. The molecular formula is C16H20F3NO2. The van der Waals surface area contributed by atoms with Crippen LogP contribution in [0.2, 0.25) is 0 Å². The zero-order chi connectivity index (χ0) is 16.2. The second-order valence-corrected chi connectivity index (χ2v) is 5.65. The van der Waals surface area contributed by atoms with E-state index in [9.17, 15) is 18.0 Å². The Hall–Kier alpha value is -1.56. The lowest BCUT2D eigenvalue weighted by Gasteiger charge is -2.27. The van der Waals surface area contributed by atoms with Crippen LogP contribution in [0, 0.1) is 5.92 Å². The first-order chi connectivity index (χ1) is 10.4. The third kappa shape index (κ3) is 4.47. The molecule has 0 saturated heterocycles. The number of ether oxygens (including phenoxy) is 1. The molecule has 122 valence electrons. The molecule has 0 atom stereocenters. The molecule has 22 heavy (non-hydrogen) atoms. The Kier molecular flexibility index (Phi) is 5.45. The summed E-state index contributed by atoms with van der Waals surface area (Å²) in [7, 11) is 1.40.